The molecule has 0 aromatic heterocycles. The van der Waals surface area contributed by atoms with Gasteiger partial charge in [0, 0.05) is 5.69 Å². The summed E-state index contributed by atoms with van der Waals surface area (Å²) in [5, 5.41) is 2.50. The van der Waals surface area contributed by atoms with Gasteiger partial charge in [0.1, 0.15) is 0 Å². The molecule has 0 spiro atoms. The molecule has 22 heavy (non-hydrogen) atoms. The molecule has 0 unspecified atom stereocenters. The van der Waals surface area contributed by atoms with Gasteiger partial charge in [0.05, 0.1) is 12.0 Å². The summed E-state index contributed by atoms with van der Waals surface area (Å²) in [6.45, 7) is 3.92. The van der Waals surface area contributed by atoms with Crippen molar-refractivity contribution in [3.63, 3.8) is 0 Å². The smallest absolute Gasteiger partial charge is 0.326 e. The number of hydrogen-bond donors (Lipinski definition) is 1. The molecule has 116 valence electrons. The normalized spacial score (nSPS) is 11.3. The first-order valence-electron chi connectivity index (χ1n) is 6.79. The van der Waals surface area contributed by atoms with E-state index < -0.39 is 11.7 Å². The Morgan fingerprint density at radius 3 is 2.41 bits per heavy atom. The Bertz CT molecular complexity index is 693. The second kappa shape index (κ2) is 6.22. The van der Waals surface area contributed by atoms with Gasteiger partial charge in [0.2, 0.25) is 5.91 Å². The van der Waals surface area contributed by atoms with Gasteiger partial charge in [-0.05, 0) is 48.7 Å². The van der Waals surface area contributed by atoms with Crippen molar-refractivity contribution in [2.24, 2.45) is 0 Å². The molecular formula is C17H16F3NO. The summed E-state index contributed by atoms with van der Waals surface area (Å²) >= 11 is 0. The molecule has 0 saturated carbocycles. The van der Waals surface area contributed by atoms with Crippen LogP contribution in [-0.4, -0.2) is 5.91 Å². The Balaban J connectivity index is 2.07. The molecule has 0 atom stereocenters. The molecule has 0 aliphatic carbocycles. The standard InChI is InChI=1S/C17H16F3NO/c1-11-6-7-13(8-12(11)2)9-16(22)21-15-5-3-4-14(10-15)17(18,19)20/h3-8,10H,9H2,1-2H3,(H,21,22). The molecule has 0 heterocycles. The summed E-state index contributed by atoms with van der Waals surface area (Å²) < 4.78 is 37.9. The Labute approximate surface area is 127 Å². The van der Waals surface area contributed by atoms with Crippen molar-refractivity contribution < 1.29 is 18.0 Å². The quantitative estimate of drug-likeness (QED) is 0.888. The van der Waals surface area contributed by atoms with E-state index in [4.69, 9.17) is 0 Å². The highest BCUT2D eigenvalue weighted by molar-refractivity contribution is 5.92. The summed E-state index contributed by atoms with van der Waals surface area (Å²) in [5.74, 6) is -0.345. The molecule has 0 aliphatic rings. The number of nitrogens with one attached hydrogen (secondary N) is 1. The molecule has 0 aliphatic heterocycles. The van der Waals surface area contributed by atoms with Gasteiger partial charge < -0.3 is 5.32 Å². The van der Waals surface area contributed by atoms with Crippen LogP contribution in [0.4, 0.5) is 18.9 Å². The summed E-state index contributed by atoms with van der Waals surface area (Å²) in [4.78, 5) is 11.9. The van der Waals surface area contributed by atoms with Gasteiger partial charge >= 0.3 is 6.18 Å². The van der Waals surface area contributed by atoms with E-state index in [-0.39, 0.29) is 18.0 Å². The summed E-state index contributed by atoms with van der Waals surface area (Å²) in [6.07, 6.45) is -4.30. The SMILES string of the molecule is Cc1ccc(CC(=O)Nc2cccc(C(F)(F)F)c2)cc1C. The van der Waals surface area contributed by atoms with E-state index >= 15 is 0 Å². The summed E-state index contributed by atoms with van der Waals surface area (Å²) in [7, 11) is 0. The van der Waals surface area contributed by atoms with Crippen LogP contribution in [0.2, 0.25) is 0 Å². The fourth-order valence-corrected chi connectivity index (χ4v) is 2.08. The molecule has 2 aromatic carbocycles. The van der Waals surface area contributed by atoms with Gasteiger partial charge in [-0.1, -0.05) is 24.3 Å². The van der Waals surface area contributed by atoms with Crippen LogP contribution in [0.5, 0.6) is 0 Å². The first-order chi connectivity index (χ1) is 10.3. The molecule has 2 aromatic rings. The Kier molecular flexibility index (Phi) is 4.54. The Morgan fingerprint density at radius 2 is 1.77 bits per heavy atom. The number of amides is 1. The van der Waals surface area contributed by atoms with Crippen molar-refractivity contribution in [3.05, 3.63) is 64.7 Å². The molecule has 5 heteroatoms. The number of alkyl halides is 3. The van der Waals surface area contributed by atoms with E-state index in [1.54, 1.807) is 0 Å². The largest absolute Gasteiger partial charge is 0.416 e. The van der Waals surface area contributed by atoms with Crippen molar-refractivity contribution in [3.8, 4) is 0 Å². The van der Waals surface area contributed by atoms with E-state index in [1.165, 1.54) is 12.1 Å². The predicted octanol–water partition coefficient (Wildman–Crippen LogP) is 4.50. The number of anilines is 1. The number of benzene rings is 2. The first-order valence-corrected chi connectivity index (χ1v) is 6.79. The Hall–Kier alpha value is -2.30. The van der Waals surface area contributed by atoms with Gasteiger partial charge in [-0.3, -0.25) is 4.79 Å². The highest BCUT2D eigenvalue weighted by atomic mass is 19.4. The van der Waals surface area contributed by atoms with Gasteiger partial charge in [-0.2, -0.15) is 13.2 Å². The minimum absolute atomic E-state index is 0.122. The fourth-order valence-electron chi connectivity index (χ4n) is 2.08. The molecule has 0 bridgehead atoms. The third-order valence-corrected chi connectivity index (χ3v) is 3.41. The van der Waals surface area contributed by atoms with Crippen molar-refractivity contribution in [2.45, 2.75) is 26.4 Å². The average molecular weight is 307 g/mol. The van der Waals surface area contributed by atoms with Crippen LogP contribution in [0, 0.1) is 13.8 Å². The fraction of sp³-hybridized carbons (Fsp3) is 0.235. The molecule has 1 amide bonds. The molecule has 0 fully saturated rings. The van der Waals surface area contributed by atoms with Crippen molar-refractivity contribution in [1.29, 1.82) is 0 Å². The minimum atomic E-state index is -4.42. The van der Waals surface area contributed by atoms with Crippen LogP contribution >= 0.6 is 0 Å². The second-order valence-corrected chi connectivity index (χ2v) is 5.22. The zero-order valence-electron chi connectivity index (χ0n) is 12.3. The van der Waals surface area contributed by atoms with Crippen LogP contribution in [0.25, 0.3) is 0 Å². The van der Waals surface area contributed by atoms with Gasteiger partial charge in [-0.15, -0.1) is 0 Å². The van der Waals surface area contributed by atoms with Crippen molar-refractivity contribution >= 4 is 11.6 Å². The zero-order valence-corrected chi connectivity index (χ0v) is 12.3. The third kappa shape index (κ3) is 4.10. The van der Waals surface area contributed by atoms with Crippen LogP contribution < -0.4 is 5.32 Å². The van der Waals surface area contributed by atoms with Crippen LogP contribution in [-0.2, 0) is 17.4 Å². The van der Waals surface area contributed by atoms with Crippen molar-refractivity contribution in [2.75, 3.05) is 5.32 Å². The first kappa shape index (κ1) is 16.1. The highest BCUT2D eigenvalue weighted by Gasteiger charge is 2.30. The number of carbonyl (C=O) groups is 1. The number of carbonyl (C=O) groups excluding carboxylic acids is 1. The molecule has 2 nitrogen and oxygen atoms in total. The summed E-state index contributed by atoms with van der Waals surface area (Å²) in [6, 6.07) is 10.3. The number of aryl methyl sites for hydroxylation is 2. The summed E-state index contributed by atoms with van der Waals surface area (Å²) in [5.41, 5.74) is 2.39. The van der Waals surface area contributed by atoms with E-state index in [1.807, 2.05) is 32.0 Å². The molecule has 0 radical (unpaired) electrons. The van der Waals surface area contributed by atoms with Gasteiger partial charge in [0.15, 0.2) is 0 Å². The van der Waals surface area contributed by atoms with E-state index in [0.717, 1.165) is 28.8 Å². The highest BCUT2D eigenvalue weighted by Crippen LogP contribution is 2.30. The lowest BCUT2D eigenvalue weighted by atomic mass is 10.0. The third-order valence-electron chi connectivity index (χ3n) is 3.41. The molecule has 0 saturated heterocycles. The maximum atomic E-state index is 12.6. The monoisotopic (exact) mass is 307 g/mol. The molecule has 2 rings (SSSR count). The van der Waals surface area contributed by atoms with Crippen LogP contribution in [0.15, 0.2) is 42.5 Å². The predicted molar refractivity (Wildman–Crippen MR) is 79.7 cm³/mol. The lowest BCUT2D eigenvalue weighted by Crippen LogP contribution is -2.15. The average Bonchev–Trinajstić information content (AvgIpc) is 2.42. The van der Waals surface area contributed by atoms with Crippen LogP contribution in [0.3, 0.4) is 0 Å². The Morgan fingerprint density at radius 1 is 1.05 bits per heavy atom. The maximum Gasteiger partial charge on any atom is 0.416 e. The second-order valence-electron chi connectivity index (χ2n) is 5.22. The van der Waals surface area contributed by atoms with E-state index in [0.29, 0.717) is 0 Å². The van der Waals surface area contributed by atoms with E-state index in [2.05, 4.69) is 5.32 Å². The topological polar surface area (TPSA) is 29.1 Å². The number of rotatable bonds is 3. The molecular weight excluding hydrogens is 291 g/mol. The zero-order chi connectivity index (χ0) is 16.3. The van der Waals surface area contributed by atoms with Crippen molar-refractivity contribution in [1.82, 2.24) is 0 Å². The minimum Gasteiger partial charge on any atom is -0.326 e. The van der Waals surface area contributed by atoms with Crippen LogP contribution in [0.1, 0.15) is 22.3 Å². The molecule has 1 N–H and O–H groups in total. The van der Waals surface area contributed by atoms with Gasteiger partial charge in [-0.25, -0.2) is 0 Å². The number of hydrogen-bond acceptors (Lipinski definition) is 1. The van der Waals surface area contributed by atoms with E-state index in [9.17, 15) is 18.0 Å². The van der Waals surface area contributed by atoms with Gasteiger partial charge in [0.25, 0.3) is 0 Å². The maximum absolute atomic E-state index is 12.6. The lowest BCUT2D eigenvalue weighted by Gasteiger charge is -2.10. The number of halogens is 3. The lowest BCUT2D eigenvalue weighted by molar-refractivity contribution is -0.137.